The van der Waals surface area contributed by atoms with Crippen molar-refractivity contribution in [1.82, 2.24) is 5.48 Å². The zero-order valence-corrected chi connectivity index (χ0v) is 11.4. The number of hydrogen-bond acceptors (Lipinski definition) is 6. The highest BCUT2D eigenvalue weighted by atomic mass is 16.7. The number of methoxy groups -OCH3 is 2. The molecule has 0 aliphatic heterocycles. The van der Waals surface area contributed by atoms with E-state index in [1.807, 2.05) is 0 Å². The van der Waals surface area contributed by atoms with Crippen LogP contribution in [0.15, 0.2) is 23.2 Å². The number of ether oxygens (including phenoxy) is 2. The molecule has 0 radical (unpaired) electrons. The van der Waals surface area contributed by atoms with E-state index in [1.54, 1.807) is 18.2 Å². The zero-order valence-electron chi connectivity index (χ0n) is 11.4. The van der Waals surface area contributed by atoms with Gasteiger partial charge < -0.3 is 25.2 Å². The summed E-state index contributed by atoms with van der Waals surface area (Å²) in [4.78, 5) is 19.5. The van der Waals surface area contributed by atoms with Crippen LogP contribution < -0.4 is 20.7 Å². The predicted octanol–water partition coefficient (Wildman–Crippen LogP) is 0.0786. The van der Waals surface area contributed by atoms with Crippen LogP contribution >= 0.6 is 0 Å². The number of hydroxylamine groups is 1. The molecule has 1 aromatic carbocycles. The number of hydrogen-bond donors (Lipinski definition) is 3. The number of rotatable bonds is 4. The van der Waals surface area contributed by atoms with Gasteiger partial charge in [-0.25, -0.2) is 9.79 Å². The fraction of sp³-hybridized carbons (Fsp3) is 0.333. The lowest BCUT2D eigenvalue weighted by Gasteiger charge is -2.09. The summed E-state index contributed by atoms with van der Waals surface area (Å²) < 4.78 is 10.2. The molecule has 0 heterocycles. The van der Waals surface area contributed by atoms with Crippen LogP contribution in [-0.4, -0.2) is 37.4 Å². The first kappa shape index (κ1) is 15.6. The van der Waals surface area contributed by atoms with Crippen LogP contribution in [0.4, 0.5) is 5.69 Å². The van der Waals surface area contributed by atoms with Gasteiger partial charge in [-0.15, -0.1) is 0 Å². The molecule has 0 aliphatic rings. The van der Waals surface area contributed by atoms with Crippen LogP contribution in [0.25, 0.3) is 0 Å². The van der Waals surface area contributed by atoms with Gasteiger partial charge in [0.1, 0.15) is 0 Å². The molecule has 8 heteroatoms. The molecule has 1 rings (SSSR count). The average Bonchev–Trinajstić information content (AvgIpc) is 2.44. The highest BCUT2D eigenvalue weighted by Gasteiger charge is 2.11. The maximum atomic E-state index is 11.0. The normalized spacial score (nSPS) is 12.5. The second-order valence-electron chi connectivity index (χ2n) is 3.74. The monoisotopic (exact) mass is 283 g/mol. The zero-order chi connectivity index (χ0) is 15.1. The second kappa shape index (κ2) is 7.19. The van der Waals surface area contributed by atoms with Crippen LogP contribution in [0.2, 0.25) is 0 Å². The summed E-state index contributed by atoms with van der Waals surface area (Å²) in [5.74, 6) is 0.0303. The predicted molar refractivity (Wildman–Crippen MR) is 71.7 cm³/mol. The number of aliphatic hydroxyl groups is 1. The molecule has 1 unspecified atom stereocenters. The highest BCUT2D eigenvalue weighted by Crippen LogP contribution is 2.30. The minimum atomic E-state index is -1.25. The van der Waals surface area contributed by atoms with Crippen molar-refractivity contribution in [2.75, 3.05) is 14.2 Å². The van der Waals surface area contributed by atoms with Crippen LogP contribution in [0.5, 0.6) is 11.5 Å². The molecule has 110 valence electrons. The number of carbonyl (C=O) groups excluding carboxylic acids is 1. The van der Waals surface area contributed by atoms with Crippen molar-refractivity contribution < 1.29 is 24.2 Å². The number of guanidine groups is 1. The van der Waals surface area contributed by atoms with Gasteiger partial charge in [0.15, 0.2) is 17.6 Å². The van der Waals surface area contributed by atoms with Gasteiger partial charge in [0.2, 0.25) is 5.96 Å². The van der Waals surface area contributed by atoms with Crippen molar-refractivity contribution in [3.05, 3.63) is 18.2 Å². The second-order valence-corrected chi connectivity index (χ2v) is 3.74. The Kier molecular flexibility index (Phi) is 5.60. The summed E-state index contributed by atoms with van der Waals surface area (Å²) in [5.41, 5.74) is 8.12. The number of nitrogens with zero attached hydrogens (tertiary/aromatic N) is 1. The molecule has 0 amide bonds. The van der Waals surface area contributed by atoms with E-state index in [9.17, 15) is 4.79 Å². The first-order valence-corrected chi connectivity index (χ1v) is 5.69. The van der Waals surface area contributed by atoms with E-state index >= 15 is 0 Å². The summed E-state index contributed by atoms with van der Waals surface area (Å²) >= 11 is 0. The van der Waals surface area contributed by atoms with Gasteiger partial charge >= 0.3 is 5.97 Å². The highest BCUT2D eigenvalue weighted by molar-refractivity contribution is 5.82. The number of aliphatic hydroxyl groups excluding tert-OH is 1. The number of nitrogens with two attached hydrogens (primary N) is 1. The molecule has 0 saturated heterocycles. The summed E-state index contributed by atoms with van der Waals surface area (Å²) in [6.07, 6.45) is -1.25. The molecule has 4 N–H and O–H groups in total. The molecule has 1 aromatic rings. The van der Waals surface area contributed by atoms with Crippen LogP contribution in [0, 0.1) is 0 Å². The van der Waals surface area contributed by atoms with Gasteiger partial charge in [-0.3, -0.25) is 0 Å². The first-order valence-electron chi connectivity index (χ1n) is 5.69. The smallest absolute Gasteiger partial charge is 0.360 e. The Balaban J connectivity index is 2.75. The number of nitrogens with one attached hydrogen (secondary N) is 1. The molecule has 0 saturated carbocycles. The van der Waals surface area contributed by atoms with Gasteiger partial charge in [-0.1, -0.05) is 0 Å². The summed E-state index contributed by atoms with van der Waals surface area (Å²) in [5, 5.41) is 8.92. The van der Waals surface area contributed by atoms with Crippen LogP contribution in [0.1, 0.15) is 6.92 Å². The third kappa shape index (κ3) is 4.32. The van der Waals surface area contributed by atoms with E-state index in [1.165, 1.54) is 21.1 Å². The van der Waals surface area contributed by atoms with Crippen molar-refractivity contribution >= 4 is 17.6 Å². The Morgan fingerprint density at radius 2 is 2.00 bits per heavy atom. The minimum Gasteiger partial charge on any atom is -0.493 e. The molecular weight excluding hydrogens is 266 g/mol. The van der Waals surface area contributed by atoms with Crippen molar-refractivity contribution in [1.29, 1.82) is 0 Å². The van der Waals surface area contributed by atoms with Crippen LogP contribution in [0.3, 0.4) is 0 Å². The molecule has 0 spiro atoms. The Bertz CT molecular complexity index is 502. The third-order valence-electron chi connectivity index (χ3n) is 2.21. The molecular formula is C12H17N3O5. The van der Waals surface area contributed by atoms with Crippen molar-refractivity contribution in [2.24, 2.45) is 10.7 Å². The lowest BCUT2D eigenvalue weighted by Crippen LogP contribution is -2.36. The van der Waals surface area contributed by atoms with Crippen molar-refractivity contribution in [2.45, 2.75) is 13.0 Å². The first-order chi connectivity index (χ1) is 9.47. The van der Waals surface area contributed by atoms with Gasteiger partial charge in [0, 0.05) is 6.07 Å². The summed E-state index contributed by atoms with van der Waals surface area (Å²) in [7, 11) is 3.02. The molecule has 0 fully saturated rings. The molecule has 0 aromatic heterocycles. The number of benzene rings is 1. The number of aliphatic imine (C=N–C) groups is 1. The topological polar surface area (TPSA) is 115 Å². The maximum absolute atomic E-state index is 11.0. The number of carbonyl (C=O) groups is 1. The van der Waals surface area contributed by atoms with E-state index in [4.69, 9.17) is 20.3 Å². The molecule has 8 nitrogen and oxygen atoms in total. The van der Waals surface area contributed by atoms with Gasteiger partial charge in [-0.05, 0) is 19.1 Å². The van der Waals surface area contributed by atoms with E-state index in [0.29, 0.717) is 17.2 Å². The van der Waals surface area contributed by atoms with Gasteiger partial charge in [0.05, 0.1) is 19.9 Å². The van der Waals surface area contributed by atoms with Crippen LogP contribution in [-0.2, 0) is 9.63 Å². The van der Waals surface area contributed by atoms with E-state index in [2.05, 4.69) is 15.3 Å². The SMILES string of the molecule is COc1ccc(N=C(N)NOC(=O)C(C)O)cc1OC. The standard InChI is InChI=1S/C12H17N3O5/c1-7(16)11(17)20-15-12(13)14-8-4-5-9(18-2)10(6-8)19-3/h4-7,16H,1-3H3,(H3,13,14,15). The summed E-state index contributed by atoms with van der Waals surface area (Å²) in [6, 6.07) is 4.91. The molecule has 20 heavy (non-hydrogen) atoms. The minimum absolute atomic E-state index is 0.147. The third-order valence-corrected chi connectivity index (χ3v) is 2.21. The Hall–Kier alpha value is -2.48. The van der Waals surface area contributed by atoms with E-state index < -0.39 is 12.1 Å². The van der Waals surface area contributed by atoms with Crippen molar-refractivity contribution in [3.8, 4) is 11.5 Å². The fourth-order valence-corrected chi connectivity index (χ4v) is 1.24. The fourth-order valence-electron chi connectivity index (χ4n) is 1.24. The average molecular weight is 283 g/mol. The quantitative estimate of drug-likeness (QED) is 0.407. The Morgan fingerprint density at radius 3 is 2.55 bits per heavy atom. The van der Waals surface area contributed by atoms with Crippen molar-refractivity contribution in [3.63, 3.8) is 0 Å². The van der Waals surface area contributed by atoms with Gasteiger partial charge in [0.25, 0.3) is 0 Å². The molecule has 0 bridgehead atoms. The Labute approximate surface area is 116 Å². The summed E-state index contributed by atoms with van der Waals surface area (Å²) in [6.45, 7) is 1.27. The largest absolute Gasteiger partial charge is 0.493 e. The van der Waals surface area contributed by atoms with E-state index in [-0.39, 0.29) is 5.96 Å². The molecule has 0 aliphatic carbocycles. The lowest BCUT2D eigenvalue weighted by atomic mass is 10.3. The maximum Gasteiger partial charge on any atom is 0.360 e. The van der Waals surface area contributed by atoms with Gasteiger partial charge in [-0.2, -0.15) is 5.48 Å². The van der Waals surface area contributed by atoms with E-state index in [0.717, 1.165) is 0 Å². The molecule has 1 atom stereocenters. The Morgan fingerprint density at radius 1 is 1.35 bits per heavy atom. The lowest BCUT2D eigenvalue weighted by molar-refractivity contribution is -0.156.